The highest BCUT2D eigenvalue weighted by Crippen LogP contribution is 2.26. The molecule has 3 N–H and O–H groups in total. The lowest BCUT2D eigenvalue weighted by molar-refractivity contribution is -0.143. The molecule has 0 aromatic heterocycles. The average Bonchev–Trinajstić information content (AvgIpc) is 2.77. The molecule has 0 unspecified atom stereocenters. The minimum absolute atomic E-state index is 0. The van der Waals surface area contributed by atoms with E-state index in [0.29, 0.717) is 57.8 Å². The van der Waals surface area contributed by atoms with Crippen molar-refractivity contribution in [3.8, 4) is 0 Å². The first-order chi connectivity index (χ1) is 15.3. The Morgan fingerprint density at radius 2 is 1.73 bits per heavy atom. The molecule has 0 radical (unpaired) electrons. The molecule has 3 rings (SSSR count). The largest absolute Gasteiger partial charge is 0.460 e. The maximum atomic E-state index is 15.0. The number of rotatable bonds is 6. The van der Waals surface area contributed by atoms with Gasteiger partial charge in [-0.25, -0.2) is 4.39 Å². The zero-order chi connectivity index (χ0) is 23.3. The number of carbonyl (C=O) groups excluding carboxylic acids is 3. The number of halogens is 1. The van der Waals surface area contributed by atoms with Crippen LogP contribution in [0.2, 0.25) is 0 Å². The first-order valence-corrected chi connectivity index (χ1v) is 10.8. The van der Waals surface area contributed by atoms with Crippen LogP contribution in [0.25, 0.3) is 0 Å². The van der Waals surface area contributed by atoms with Gasteiger partial charge in [0.2, 0.25) is 11.8 Å². The van der Waals surface area contributed by atoms with Crippen LogP contribution in [0, 0.1) is 17.1 Å². The molecule has 0 bridgehead atoms. The highest BCUT2D eigenvalue weighted by Gasteiger charge is 2.31. The molecule has 2 saturated heterocycles. The zero-order valence-corrected chi connectivity index (χ0v) is 18.3. The molecule has 182 valence electrons. The van der Waals surface area contributed by atoms with E-state index in [1.807, 2.05) is 9.80 Å². The number of anilines is 1. The lowest BCUT2D eigenvalue weighted by atomic mass is 9.95. The van der Waals surface area contributed by atoms with Gasteiger partial charge in [-0.1, -0.05) is 19.6 Å². The Morgan fingerprint density at radius 3 is 2.30 bits per heavy atom. The Morgan fingerprint density at radius 1 is 1.09 bits per heavy atom. The Labute approximate surface area is 194 Å². The summed E-state index contributed by atoms with van der Waals surface area (Å²) in [5.41, 5.74) is 5.82. The molecule has 1 aromatic rings. The molecular weight excluding hydrogens is 429 g/mol. The van der Waals surface area contributed by atoms with Gasteiger partial charge in [0.25, 0.3) is 0 Å². The standard InChI is InChI=1S/C22H30FN5O4.CH4/c1-15(29)26-7-5-16(6-8-26)22(31)28-11-9-27(10-12-28)18-4-2-3-17(21(18)23)14-32-20(30)13-19(24)25;/h2-4,16H,5-14H2,1H3,(H3,24,25);1H4. The van der Waals surface area contributed by atoms with E-state index in [1.165, 1.54) is 0 Å². The molecule has 0 aliphatic carbocycles. The lowest BCUT2D eigenvalue weighted by Crippen LogP contribution is -2.52. The molecule has 0 saturated carbocycles. The van der Waals surface area contributed by atoms with Gasteiger partial charge in [0.05, 0.1) is 5.69 Å². The number of likely N-dealkylation sites (tertiary alicyclic amines) is 1. The predicted octanol–water partition coefficient (Wildman–Crippen LogP) is 1.74. The molecule has 2 amide bonds. The number of hydrogen-bond donors (Lipinski definition) is 2. The van der Waals surface area contributed by atoms with E-state index in [-0.39, 0.29) is 49.6 Å². The van der Waals surface area contributed by atoms with Crippen LogP contribution >= 0.6 is 0 Å². The summed E-state index contributed by atoms with van der Waals surface area (Å²) in [4.78, 5) is 41.4. The monoisotopic (exact) mass is 463 g/mol. The predicted molar refractivity (Wildman–Crippen MR) is 123 cm³/mol. The van der Waals surface area contributed by atoms with Gasteiger partial charge in [-0.15, -0.1) is 0 Å². The van der Waals surface area contributed by atoms with Gasteiger partial charge >= 0.3 is 5.97 Å². The third kappa shape index (κ3) is 6.66. The van der Waals surface area contributed by atoms with Crippen LogP contribution < -0.4 is 10.6 Å². The minimum atomic E-state index is -0.677. The summed E-state index contributed by atoms with van der Waals surface area (Å²) in [6.45, 7) is 4.55. The number of nitrogens with two attached hydrogens (primary N) is 1. The van der Waals surface area contributed by atoms with E-state index in [2.05, 4.69) is 0 Å². The summed E-state index contributed by atoms with van der Waals surface area (Å²) in [5.74, 6) is -1.35. The van der Waals surface area contributed by atoms with Gasteiger partial charge in [-0.2, -0.15) is 0 Å². The molecule has 1 aromatic carbocycles. The molecule has 2 aliphatic rings. The minimum Gasteiger partial charge on any atom is -0.460 e. The molecule has 2 heterocycles. The summed E-state index contributed by atoms with van der Waals surface area (Å²) in [7, 11) is 0. The first-order valence-electron chi connectivity index (χ1n) is 10.8. The molecule has 2 fully saturated rings. The van der Waals surface area contributed by atoms with Crippen LogP contribution in [0.15, 0.2) is 18.2 Å². The number of esters is 1. The van der Waals surface area contributed by atoms with Crippen LogP contribution in [0.1, 0.15) is 39.2 Å². The van der Waals surface area contributed by atoms with Crippen molar-refractivity contribution in [2.45, 2.75) is 40.2 Å². The number of nitrogens with zero attached hydrogens (tertiary/aromatic N) is 3. The fraction of sp³-hybridized carbons (Fsp3) is 0.565. The van der Waals surface area contributed by atoms with Crippen LogP contribution in [0.5, 0.6) is 0 Å². The summed E-state index contributed by atoms with van der Waals surface area (Å²) in [6.07, 6.45) is 1.03. The molecule has 0 spiro atoms. The molecule has 9 nitrogen and oxygen atoms in total. The number of piperidine rings is 1. The third-order valence-electron chi connectivity index (χ3n) is 6.00. The highest BCUT2D eigenvalue weighted by molar-refractivity contribution is 5.94. The van der Waals surface area contributed by atoms with Crippen LogP contribution in [-0.4, -0.2) is 72.7 Å². The Bertz CT molecular complexity index is 878. The van der Waals surface area contributed by atoms with E-state index < -0.39 is 11.8 Å². The van der Waals surface area contributed by atoms with Crippen molar-refractivity contribution in [2.75, 3.05) is 44.2 Å². The van der Waals surface area contributed by atoms with Gasteiger partial charge in [0, 0.05) is 57.7 Å². The lowest BCUT2D eigenvalue weighted by Gasteiger charge is -2.39. The van der Waals surface area contributed by atoms with E-state index in [4.69, 9.17) is 15.9 Å². The number of hydrogen-bond acceptors (Lipinski definition) is 6. The Hall–Kier alpha value is -3.17. The van der Waals surface area contributed by atoms with Gasteiger partial charge in [0.15, 0.2) is 5.82 Å². The maximum Gasteiger partial charge on any atom is 0.313 e. The summed E-state index contributed by atoms with van der Waals surface area (Å²) in [5, 5.41) is 7.11. The smallest absolute Gasteiger partial charge is 0.313 e. The Kier molecular flexibility index (Phi) is 9.19. The van der Waals surface area contributed by atoms with Crippen LogP contribution in [0.3, 0.4) is 0 Å². The third-order valence-corrected chi connectivity index (χ3v) is 6.00. The van der Waals surface area contributed by atoms with Gasteiger partial charge < -0.3 is 25.2 Å². The van der Waals surface area contributed by atoms with Crippen molar-refractivity contribution in [3.63, 3.8) is 0 Å². The first kappa shape index (κ1) is 26.1. The van der Waals surface area contributed by atoms with E-state index in [9.17, 15) is 14.4 Å². The Balaban J connectivity index is 0.00000385. The number of piperazine rings is 1. The van der Waals surface area contributed by atoms with E-state index in [1.54, 1.807) is 30.0 Å². The SMILES string of the molecule is C.CC(=O)N1CCC(C(=O)N2CCN(c3cccc(COC(=O)CC(=N)N)c3F)CC2)CC1. The van der Waals surface area contributed by atoms with Crippen molar-refractivity contribution >= 4 is 29.3 Å². The maximum absolute atomic E-state index is 15.0. The van der Waals surface area contributed by atoms with Crippen molar-refractivity contribution in [2.24, 2.45) is 11.7 Å². The van der Waals surface area contributed by atoms with Crippen molar-refractivity contribution < 1.29 is 23.5 Å². The number of amidine groups is 1. The van der Waals surface area contributed by atoms with Crippen LogP contribution in [-0.2, 0) is 25.7 Å². The van der Waals surface area contributed by atoms with Crippen molar-refractivity contribution in [3.05, 3.63) is 29.6 Å². The molecular formula is C23H34FN5O4. The van der Waals surface area contributed by atoms with Crippen molar-refractivity contribution in [1.29, 1.82) is 5.41 Å². The average molecular weight is 464 g/mol. The second kappa shape index (κ2) is 11.6. The second-order valence-corrected chi connectivity index (χ2v) is 8.21. The van der Waals surface area contributed by atoms with E-state index >= 15 is 4.39 Å². The number of nitrogens with one attached hydrogen (secondary N) is 1. The van der Waals surface area contributed by atoms with Gasteiger partial charge in [-0.3, -0.25) is 19.8 Å². The summed E-state index contributed by atoms with van der Waals surface area (Å²) >= 11 is 0. The topological polar surface area (TPSA) is 120 Å². The highest BCUT2D eigenvalue weighted by atomic mass is 19.1. The molecule has 33 heavy (non-hydrogen) atoms. The van der Waals surface area contributed by atoms with Crippen molar-refractivity contribution in [1.82, 2.24) is 9.80 Å². The quantitative estimate of drug-likeness (QED) is 0.377. The summed E-state index contributed by atoms with van der Waals surface area (Å²) in [6, 6.07) is 4.92. The number of carbonyl (C=O) groups is 3. The fourth-order valence-electron chi connectivity index (χ4n) is 4.15. The summed E-state index contributed by atoms with van der Waals surface area (Å²) < 4.78 is 20.0. The number of amides is 2. The molecule has 10 heteroatoms. The number of benzene rings is 1. The van der Waals surface area contributed by atoms with E-state index in [0.717, 1.165) is 0 Å². The zero-order valence-electron chi connectivity index (χ0n) is 18.3. The van der Waals surface area contributed by atoms with Crippen LogP contribution in [0.4, 0.5) is 10.1 Å². The normalized spacial score (nSPS) is 16.7. The second-order valence-electron chi connectivity index (χ2n) is 8.21. The fourth-order valence-corrected chi connectivity index (χ4v) is 4.15. The van der Waals surface area contributed by atoms with Gasteiger partial charge in [0.1, 0.15) is 18.9 Å². The number of ether oxygens (including phenoxy) is 1. The molecule has 0 atom stereocenters. The molecule has 2 aliphatic heterocycles. The van der Waals surface area contributed by atoms with Gasteiger partial charge in [-0.05, 0) is 18.9 Å².